The molecule has 0 aliphatic heterocycles. The maximum Gasteiger partial charge on any atom is 0.261 e. The van der Waals surface area contributed by atoms with Crippen LogP contribution < -0.4 is 19.5 Å². The Morgan fingerprint density at radius 3 is 2.40 bits per heavy atom. The summed E-state index contributed by atoms with van der Waals surface area (Å²) in [5.74, 6) is 1.10. The van der Waals surface area contributed by atoms with Crippen molar-refractivity contribution in [1.82, 2.24) is 5.32 Å². The van der Waals surface area contributed by atoms with Crippen molar-refractivity contribution in [3.63, 3.8) is 0 Å². The largest absolute Gasteiger partial charge is 0.493 e. The van der Waals surface area contributed by atoms with Crippen molar-refractivity contribution >= 4 is 33.2 Å². The topological polar surface area (TPSA) is 93.7 Å². The first-order valence-electron chi connectivity index (χ1n) is 11.2. The average Bonchev–Trinajstić information content (AvgIpc) is 2.84. The number of benzene rings is 3. The van der Waals surface area contributed by atoms with E-state index in [-0.39, 0.29) is 21.5 Å². The minimum atomic E-state index is -3.79. The third-order valence-electron chi connectivity index (χ3n) is 5.26. The van der Waals surface area contributed by atoms with Crippen LogP contribution in [0.25, 0.3) is 0 Å². The Labute approximate surface area is 211 Å². The highest BCUT2D eigenvalue weighted by atomic mass is 35.5. The first-order valence-corrected chi connectivity index (χ1v) is 13.1. The predicted octanol–water partition coefficient (Wildman–Crippen LogP) is 5.22. The first-order chi connectivity index (χ1) is 16.7. The molecule has 0 fully saturated rings. The van der Waals surface area contributed by atoms with Gasteiger partial charge in [-0.3, -0.25) is 9.52 Å². The third kappa shape index (κ3) is 7.13. The molecule has 186 valence electrons. The number of ether oxygens (including phenoxy) is 2. The second-order valence-corrected chi connectivity index (χ2v) is 9.98. The Balaban J connectivity index is 1.55. The number of anilines is 1. The van der Waals surface area contributed by atoms with Gasteiger partial charge in [0.1, 0.15) is 0 Å². The van der Waals surface area contributed by atoms with Gasteiger partial charge in [0.15, 0.2) is 11.5 Å². The molecule has 3 aromatic rings. The van der Waals surface area contributed by atoms with Crippen molar-refractivity contribution in [3.05, 3.63) is 82.4 Å². The zero-order valence-electron chi connectivity index (χ0n) is 19.9. The Morgan fingerprint density at radius 2 is 1.74 bits per heavy atom. The SMILES string of the molecule is CCOc1ccc(CCCNC(=O)c2ccc(NS(=O)(=O)c3ccc(C)cc3)c(Cl)c2)cc1OC. The van der Waals surface area contributed by atoms with E-state index in [9.17, 15) is 13.2 Å². The van der Waals surface area contributed by atoms with Crippen LogP contribution in [-0.2, 0) is 16.4 Å². The molecule has 9 heteroatoms. The molecule has 0 heterocycles. The van der Waals surface area contributed by atoms with Crippen molar-refractivity contribution in [2.75, 3.05) is 25.0 Å². The quantitative estimate of drug-likeness (QED) is 0.341. The predicted molar refractivity (Wildman–Crippen MR) is 138 cm³/mol. The monoisotopic (exact) mass is 516 g/mol. The summed E-state index contributed by atoms with van der Waals surface area (Å²) in [7, 11) is -2.19. The number of aryl methyl sites for hydroxylation is 2. The zero-order chi connectivity index (χ0) is 25.4. The molecule has 1 amide bonds. The maximum atomic E-state index is 12.6. The van der Waals surface area contributed by atoms with Gasteiger partial charge in [-0.15, -0.1) is 0 Å². The number of sulfonamides is 1. The van der Waals surface area contributed by atoms with E-state index in [4.69, 9.17) is 21.1 Å². The van der Waals surface area contributed by atoms with E-state index in [1.807, 2.05) is 32.0 Å². The highest BCUT2D eigenvalue weighted by molar-refractivity contribution is 7.92. The Hall–Kier alpha value is -3.23. The van der Waals surface area contributed by atoms with Crippen LogP contribution >= 0.6 is 11.6 Å². The molecular formula is C26H29ClN2O5S. The molecular weight excluding hydrogens is 488 g/mol. The molecule has 0 spiro atoms. The number of halogens is 1. The van der Waals surface area contributed by atoms with Crippen molar-refractivity contribution in [1.29, 1.82) is 0 Å². The second kappa shape index (κ2) is 12.0. The lowest BCUT2D eigenvalue weighted by Gasteiger charge is -2.12. The molecule has 0 radical (unpaired) electrons. The normalized spacial score (nSPS) is 11.1. The number of amides is 1. The van der Waals surface area contributed by atoms with Crippen molar-refractivity contribution in [3.8, 4) is 11.5 Å². The van der Waals surface area contributed by atoms with Gasteiger partial charge in [-0.1, -0.05) is 35.4 Å². The molecule has 2 N–H and O–H groups in total. The fourth-order valence-electron chi connectivity index (χ4n) is 3.40. The van der Waals surface area contributed by atoms with Gasteiger partial charge in [0, 0.05) is 12.1 Å². The van der Waals surface area contributed by atoms with E-state index in [0.29, 0.717) is 30.2 Å². The number of carbonyl (C=O) groups is 1. The Bertz CT molecular complexity index is 1280. The van der Waals surface area contributed by atoms with Gasteiger partial charge in [-0.05, 0) is 74.7 Å². The molecule has 0 aliphatic rings. The van der Waals surface area contributed by atoms with Crippen LogP contribution in [0.4, 0.5) is 5.69 Å². The van der Waals surface area contributed by atoms with E-state index in [1.54, 1.807) is 19.2 Å². The van der Waals surface area contributed by atoms with Crippen molar-refractivity contribution in [2.45, 2.75) is 31.6 Å². The Morgan fingerprint density at radius 1 is 1.00 bits per heavy atom. The number of nitrogens with one attached hydrogen (secondary N) is 2. The summed E-state index contributed by atoms with van der Waals surface area (Å²) in [4.78, 5) is 12.7. The van der Waals surface area contributed by atoms with Crippen LogP contribution in [0.15, 0.2) is 65.6 Å². The molecule has 0 bridgehead atoms. The highest BCUT2D eigenvalue weighted by Crippen LogP contribution is 2.29. The molecule has 35 heavy (non-hydrogen) atoms. The van der Waals surface area contributed by atoms with Crippen LogP contribution in [0.2, 0.25) is 5.02 Å². The summed E-state index contributed by atoms with van der Waals surface area (Å²) < 4.78 is 38.6. The lowest BCUT2D eigenvalue weighted by Crippen LogP contribution is -2.24. The minimum Gasteiger partial charge on any atom is -0.493 e. The van der Waals surface area contributed by atoms with Crippen LogP contribution in [0.5, 0.6) is 11.5 Å². The van der Waals surface area contributed by atoms with Gasteiger partial charge in [-0.25, -0.2) is 8.42 Å². The smallest absolute Gasteiger partial charge is 0.261 e. The lowest BCUT2D eigenvalue weighted by atomic mass is 10.1. The van der Waals surface area contributed by atoms with Crippen LogP contribution in [0.1, 0.15) is 34.8 Å². The average molecular weight is 517 g/mol. The molecule has 3 rings (SSSR count). The zero-order valence-corrected chi connectivity index (χ0v) is 21.5. The first kappa shape index (κ1) is 26.4. The van der Waals surface area contributed by atoms with E-state index >= 15 is 0 Å². The molecule has 0 unspecified atom stereocenters. The molecule has 0 aromatic heterocycles. The molecule has 0 aliphatic carbocycles. The van der Waals surface area contributed by atoms with E-state index in [2.05, 4.69) is 10.0 Å². The second-order valence-electron chi connectivity index (χ2n) is 7.89. The van der Waals surface area contributed by atoms with Crippen molar-refractivity contribution < 1.29 is 22.7 Å². The summed E-state index contributed by atoms with van der Waals surface area (Å²) in [5.41, 5.74) is 2.58. The Kier molecular flexibility index (Phi) is 9.01. The third-order valence-corrected chi connectivity index (χ3v) is 6.96. The summed E-state index contributed by atoms with van der Waals surface area (Å²) in [6, 6.07) is 16.7. The lowest BCUT2D eigenvalue weighted by molar-refractivity contribution is 0.0953. The van der Waals surface area contributed by atoms with Crippen molar-refractivity contribution in [2.24, 2.45) is 0 Å². The number of carbonyl (C=O) groups excluding carboxylic acids is 1. The van der Waals surface area contributed by atoms with E-state index in [1.165, 1.54) is 30.3 Å². The van der Waals surface area contributed by atoms with Gasteiger partial charge in [0.25, 0.3) is 15.9 Å². The van der Waals surface area contributed by atoms with Gasteiger partial charge in [0.05, 0.1) is 29.3 Å². The van der Waals surface area contributed by atoms with Crippen LogP contribution in [0.3, 0.4) is 0 Å². The molecule has 3 aromatic carbocycles. The summed E-state index contributed by atoms with van der Waals surface area (Å²) in [6.07, 6.45) is 1.48. The minimum absolute atomic E-state index is 0.131. The maximum absolute atomic E-state index is 12.6. The summed E-state index contributed by atoms with van der Waals surface area (Å²) in [6.45, 7) is 4.82. The van der Waals surface area contributed by atoms with Crippen LogP contribution in [0, 0.1) is 6.92 Å². The fourth-order valence-corrected chi connectivity index (χ4v) is 4.76. The summed E-state index contributed by atoms with van der Waals surface area (Å²) >= 11 is 6.27. The molecule has 0 saturated carbocycles. The number of methoxy groups -OCH3 is 1. The standard InChI is InChI=1S/C26H29ClN2O5S/c1-4-34-24-14-9-19(16-25(24)33-3)6-5-15-28-26(30)20-10-13-23(22(27)17-20)29-35(31,32)21-11-7-18(2)8-12-21/h7-14,16-17,29H,4-6,15H2,1-3H3,(H,28,30). The summed E-state index contributed by atoms with van der Waals surface area (Å²) in [5, 5.41) is 3.00. The fraction of sp³-hybridized carbons (Fsp3) is 0.269. The number of hydrogen-bond donors (Lipinski definition) is 2. The number of rotatable bonds is 11. The van der Waals surface area contributed by atoms with Gasteiger partial charge in [0.2, 0.25) is 0 Å². The van der Waals surface area contributed by atoms with E-state index in [0.717, 1.165) is 24.0 Å². The van der Waals surface area contributed by atoms with Crippen LogP contribution in [-0.4, -0.2) is 34.6 Å². The van der Waals surface area contributed by atoms with Gasteiger partial charge >= 0.3 is 0 Å². The van der Waals surface area contributed by atoms with Gasteiger partial charge in [-0.2, -0.15) is 0 Å². The molecule has 7 nitrogen and oxygen atoms in total. The number of hydrogen-bond acceptors (Lipinski definition) is 5. The van der Waals surface area contributed by atoms with E-state index < -0.39 is 10.0 Å². The van der Waals surface area contributed by atoms with Gasteiger partial charge < -0.3 is 14.8 Å². The highest BCUT2D eigenvalue weighted by Gasteiger charge is 2.17. The molecule has 0 saturated heterocycles. The molecule has 0 atom stereocenters.